The molecule has 1 N–H and O–H groups in total. The number of ether oxygens (including phenoxy) is 2. The van der Waals surface area contributed by atoms with Gasteiger partial charge in [0.05, 0.1) is 25.2 Å². The zero-order valence-corrected chi connectivity index (χ0v) is 17.6. The van der Waals surface area contributed by atoms with Gasteiger partial charge in [0.15, 0.2) is 0 Å². The second-order valence-electron chi connectivity index (χ2n) is 6.90. The van der Waals surface area contributed by atoms with Crippen LogP contribution in [-0.4, -0.2) is 40.8 Å². The Hall–Kier alpha value is -3.62. The number of carbonyl (C=O) groups is 1. The molecule has 3 aromatic rings. The quantitative estimate of drug-likeness (QED) is 0.646. The molecule has 0 saturated carbocycles. The maximum atomic E-state index is 12.9. The Morgan fingerprint density at radius 1 is 1.10 bits per heavy atom. The van der Waals surface area contributed by atoms with Crippen LogP contribution in [0.3, 0.4) is 0 Å². The fourth-order valence-corrected chi connectivity index (χ4v) is 3.34. The van der Waals surface area contributed by atoms with E-state index in [1.807, 2.05) is 6.07 Å². The minimum atomic E-state index is -0.555. The van der Waals surface area contributed by atoms with Gasteiger partial charge in [-0.3, -0.25) is 18.7 Å². The molecule has 1 amide bonds. The molecule has 0 spiro atoms. The number of benzene rings is 1. The molecule has 0 aliphatic heterocycles. The van der Waals surface area contributed by atoms with E-state index in [4.69, 9.17) is 9.47 Å². The van der Waals surface area contributed by atoms with E-state index in [0.717, 1.165) is 10.1 Å². The van der Waals surface area contributed by atoms with E-state index in [0.29, 0.717) is 30.2 Å². The molecular weight excluding hydrogens is 388 g/mol. The third-order valence-corrected chi connectivity index (χ3v) is 4.95. The summed E-state index contributed by atoms with van der Waals surface area (Å²) in [6.45, 7) is 2.02. The molecule has 0 atom stereocenters. The van der Waals surface area contributed by atoms with Gasteiger partial charge >= 0.3 is 5.69 Å². The highest BCUT2D eigenvalue weighted by molar-refractivity contribution is 6.05. The van der Waals surface area contributed by atoms with Gasteiger partial charge in [-0.1, -0.05) is 0 Å². The molecule has 2 heterocycles. The summed E-state index contributed by atoms with van der Waals surface area (Å²) >= 11 is 0. The number of nitrogens with zero attached hydrogens (tertiary/aromatic N) is 3. The van der Waals surface area contributed by atoms with Crippen molar-refractivity contribution >= 4 is 16.9 Å². The fourth-order valence-electron chi connectivity index (χ4n) is 3.34. The predicted molar refractivity (Wildman–Crippen MR) is 113 cm³/mol. The fraction of sp³-hybridized carbons (Fsp3) is 0.333. The zero-order chi connectivity index (χ0) is 22.0. The highest BCUT2D eigenvalue weighted by atomic mass is 16.5. The number of fused-ring (bicyclic) bond motifs is 1. The monoisotopic (exact) mass is 412 g/mol. The van der Waals surface area contributed by atoms with Gasteiger partial charge in [-0.25, -0.2) is 9.78 Å². The highest BCUT2D eigenvalue weighted by Gasteiger charge is 2.19. The molecule has 0 unspecified atom stereocenters. The minimum Gasteiger partial charge on any atom is -0.497 e. The third kappa shape index (κ3) is 3.78. The van der Waals surface area contributed by atoms with Crippen molar-refractivity contribution in [1.82, 2.24) is 19.4 Å². The van der Waals surface area contributed by atoms with Gasteiger partial charge in [-0.15, -0.1) is 0 Å². The van der Waals surface area contributed by atoms with Crippen LogP contribution in [-0.2, 0) is 20.5 Å². The first-order chi connectivity index (χ1) is 14.3. The predicted octanol–water partition coefficient (Wildman–Crippen LogP) is 0.930. The van der Waals surface area contributed by atoms with Gasteiger partial charge in [-0.2, -0.15) is 0 Å². The average molecular weight is 412 g/mol. The van der Waals surface area contributed by atoms with Crippen molar-refractivity contribution in [2.24, 2.45) is 14.1 Å². The van der Waals surface area contributed by atoms with E-state index in [2.05, 4.69) is 10.3 Å². The normalized spacial score (nSPS) is 10.8. The van der Waals surface area contributed by atoms with Crippen LogP contribution < -0.4 is 26.0 Å². The maximum Gasteiger partial charge on any atom is 0.332 e. The Balaban J connectivity index is 1.92. The molecule has 0 aliphatic rings. The minimum absolute atomic E-state index is 0.113. The number of hydrogen-bond donors (Lipinski definition) is 1. The van der Waals surface area contributed by atoms with Gasteiger partial charge in [-0.05, 0) is 43.2 Å². The number of amides is 1. The van der Waals surface area contributed by atoms with Gasteiger partial charge in [0.2, 0.25) is 0 Å². The largest absolute Gasteiger partial charge is 0.497 e. The van der Waals surface area contributed by atoms with Crippen molar-refractivity contribution < 1.29 is 14.3 Å². The summed E-state index contributed by atoms with van der Waals surface area (Å²) in [5.74, 6) is 0.972. The number of rotatable bonds is 6. The summed E-state index contributed by atoms with van der Waals surface area (Å²) in [6.07, 6.45) is 0.505. The number of aromatic nitrogens is 3. The molecule has 0 radical (unpaired) electrons. The molecule has 0 fully saturated rings. The first kappa shape index (κ1) is 21.1. The number of nitrogens with one attached hydrogen (secondary N) is 1. The first-order valence-electron chi connectivity index (χ1n) is 9.35. The van der Waals surface area contributed by atoms with Crippen LogP contribution in [0.25, 0.3) is 11.0 Å². The Morgan fingerprint density at radius 2 is 1.83 bits per heavy atom. The molecular formula is C21H24N4O5. The Bertz CT molecular complexity index is 1240. The Morgan fingerprint density at radius 3 is 2.50 bits per heavy atom. The average Bonchev–Trinajstić information content (AvgIpc) is 2.75. The topological polar surface area (TPSA) is 104 Å². The highest BCUT2D eigenvalue weighted by Crippen LogP contribution is 2.24. The summed E-state index contributed by atoms with van der Waals surface area (Å²) in [4.78, 5) is 42.1. The van der Waals surface area contributed by atoms with E-state index in [9.17, 15) is 14.4 Å². The van der Waals surface area contributed by atoms with E-state index in [1.165, 1.54) is 18.7 Å². The van der Waals surface area contributed by atoms with Crippen LogP contribution in [0.4, 0.5) is 0 Å². The van der Waals surface area contributed by atoms with Gasteiger partial charge in [0.25, 0.3) is 11.5 Å². The van der Waals surface area contributed by atoms with Crippen LogP contribution in [0.1, 0.15) is 21.6 Å². The maximum absolute atomic E-state index is 12.9. The summed E-state index contributed by atoms with van der Waals surface area (Å²) < 4.78 is 12.8. The zero-order valence-electron chi connectivity index (χ0n) is 17.6. The molecule has 0 aliphatic carbocycles. The molecule has 9 heteroatoms. The van der Waals surface area contributed by atoms with Crippen LogP contribution in [0.5, 0.6) is 11.5 Å². The lowest BCUT2D eigenvalue weighted by Gasteiger charge is -2.13. The number of carbonyl (C=O) groups excluding carboxylic acids is 1. The van der Waals surface area contributed by atoms with Crippen molar-refractivity contribution in [3.05, 3.63) is 61.9 Å². The van der Waals surface area contributed by atoms with Crippen molar-refractivity contribution in [3.8, 4) is 11.5 Å². The molecule has 0 bridgehead atoms. The number of methoxy groups -OCH3 is 2. The van der Waals surface area contributed by atoms with Gasteiger partial charge in [0, 0.05) is 26.3 Å². The Labute approximate surface area is 172 Å². The molecule has 2 aromatic heterocycles. The number of pyridine rings is 1. The SMILES string of the molecule is COc1ccc(OC)c(CCNC(=O)c2cc(C)nc3c2c(=O)n(C)c(=O)n3C)c1. The van der Waals surface area contributed by atoms with Gasteiger partial charge in [0.1, 0.15) is 17.1 Å². The van der Waals surface area contributed by atoms with Crippen LogP contribution in [0.15, 0.2) is 33.9 Å². The summed E-state index contributed by atoms with van der Waals surface area (Å²) in [5.41, 5.74) is 0.730. The molecule has 30 heavy (non-hydrogen) atoms. The lowest BCUT2D eigenvalue weighted by Crippen LogP contribution is -2.39. The van der Waals surface area contributed by atoms with Crippen LogP contribution in [0, 0.1) is 6.92 Å². The smallest absolute Gasteiger partial charge is 0.332 e. The van der Waals surface area contributed by atoms with Crippen molar-refractivity contribution in [2.45, 2.75) is 13.3 Å². The van der Waals surface area contributed by atoms with Crippen LogP contribution >= 0.6 is 0 Å². The third-order valence-electron chi connectivity index (χ3n) is 4.95. The molecule has 1 aromatic carbocycles. The van der Waals surface area contributed by atoms with Gasteiger partial charge < -0.3 is 14.8 Å². The molecule has 9 nitrogen and oxygen atoms in total. The summed E-state index contributed by atoms with van der Waals surface area (Å²) in [6, 6.07) is 7.00. The number of hydrogen-bond acceptors (Lipinski definition) is 6. The lowest BCUT2D eigenvalue weighted by atomic mass is 10.1. The summed E-state index contributed by atoms with van der Waals surface area (Å²) in [7, 11) is 6.06. The van der Waals surface area contributed by atoms with E-state index < -0.39 is 17.2 Å². The van der Waals surface area contributed by atoms with Crippen molar-refractivity contribution in [3.63, 3.8) is 0 Å². The van der Waals surface area contributed by atoms with E-state index in [-0.39, 0.29) is 16.6 Å². The molecule has 158 valence electrons. The van der Waals surface area contributed by atoms with E-state index in [1.54, 1.807) is 39.3 Å². The summed E-state index contributed by atoms with van der Waals surface area (Å²) in [5, 5.41) is 2.95. The number of aryl methyl sites for hydroxylation is 2. The van der Waals surface area contributed by atoms with Crippen molar-refractivity contribution in [1.29, 1.82) is 0 Å². The standard InChI is InChI=1S/C21H24N4O5/c1-12-10-15(17-18(23-12)24(2)21(28)25(3)20(17)27)19(26)22-9-8-13-11-14(29-4)6-7-16(13)30-5/h6-7,10-11H,8-9H2,1-5H3,(H,22,26). The first-order valence-corrected chi connectivity index (χ1v) is 9.35. The Kier molecular flexibility index (Phi) is 5.91. The van der Waals surface area contributed by atoms with Crippen molar-refractivity contribution in [2.75, 3.05) is 20.8 Å². The lowest BCUT2D eigenvalue weighted by molar-refractivity contribution is 0.0955. The second-order valence-corrected chi connectivity index (χ2v) is 6.90. The van der Waals surface area contributed by atoms with E-state index >= 15 is 0 Å². The second kappa shape index (κ2) is 8.40. The molecule has 0 saturated heterocycles. The molecule has 3 rings (SSSR count). The van der Waals surface area contributed by atoms with Crippen LogP contribution in [0.2, 0.25) is 0 Å².